The molecule has 0 saturated carbocycles. The zero-order valence-corrected chi connectivity index (χ0v) is 24.8. The van der Waals surface area contributed by atoms with Crippen LogP contribution in [0.4, 0.5) is 0 Å². The van der Waals surface area contributed by atoms with Crippen molar-refractivity contribution in [2.45, 2.75) is 12.5 Å². The van der Waals surface area contributed by atoms with Crippen molar-refractivity contribution in [1.29, 1.82) is 0 Å². The van der Waals surface area contributed by atoms with E-state index in [-0.39, 0.29) is 22.6 Å². The van der Waals surface area contributed by atoms with E-state index in [1.54, 1.807) is 19.2 Å². The Kier molecular flexibility index (Phi) is 7.43. The van der Waals surface area contributed by atoms with Crippen LogP contribution in [0.5, 0.6) is 5.75 Å². The molecule has 0 aliphatic carbocycles. The van der Waals surface area contributed by atoms with Gasteiger partial charge in [-0.3, -0.25) is 9.59 Å². The minimum Gasteiger partial charge on any atom is -0.496 e. The summed E-state index contributed by atoms with van der Waals surface area (Å²) >= 11 is 16.1. The van der Waals surface area contributed by atoms with E-state index in [0.29, 0.717) is 27.6 Å². The molecule has 1 aliphatic heterocycles. The molecule has 0 unspecified atom stereocenters. The second kappa shape index (κ2) is 11.2. The molecule has 4 aromatic carbocycles. The van der Waals surface area contributed by atoms with Gasteiger partial charge in [0.1, 0.15) is 5.75 Å². The predicted molar refractivity (Wildman–Crippen MR) is 167 cm³/mol. The van der Waals surface area contributed by atoms with Crippen LogP contribution in [0.25, 0.3) is 22.0 Å². The van der Waals surface area contributed by atoms with E-state index in [1.165, 1.54) is 11.1 Å². The minimum absolute atomic E-state index is 0.211. The number of hydrazone groups is 1. The maximum Gasteiger partial charge on any atom is 0.276 e. The highest BCUT2D eigenvalue weighted by Crippen LogP contribution is 2.41. The van der Waals surface area contributed by atoms with Crippen LogP contribution in [0.15, 0.2) is 105 Å². The van der Waals surface area contributed by atoms with Crippen LogP contribution in [-0.4, -0.2) is 28.7 Å². The molecule has 1 N–H and O–H groups in total. The van der Waals surface area contributed by atoms with Crippen LogP contribution in [0.3, 0.4) is 0 Å². The molecule has 0 spiro atoms. The van der Waals surface area contributed by atoms with Crippen molar-refractivity contribution in [1.82, 2.24) is 9.99 Å². The number of fused-ring (bicyclic) bond motifs is 1. The fraction of sp³-hybridized carbons (Fsp3) is 0.0938. The van der Waals surface area contributed by atoms with Crippen molar-refractivity contribution in [3.8, 4) is 16.9 Å². The van der Waals surface area contributed by atoms with Gasteiger partial charge in [0.2, 0.25) is 0 Å². The minimum atomic E-state index is -0.554. The summed E-state index contributed by atoms with van der Waals surface area (Å²) in [6, 6.07) is 27.0. The van der Waals surface area contributed by atoms with Gasteiger partial charge in [0.15, 0.2) is 0 Å². The number of para-hydroxylation sites is 1. The van der Waals surface area contributed by atoms with Crippen molar-refractivity contribution in [3.63, 3.8) is 0 Å². The third-order valence-electron chi connectivity index (χ3n) is 7.11. The number of ether oxygens (including phenoxy) is 1. The average molecular weight is 647 g/mol. The first-order valence-corrected chi connectivity index (χ1v) is 14.3. The van der Waals surface area contributed by atoms with E-state index < -0.39 is 11.9 Å². The number of halogens is 3. The van der Waals surface area contributed by atoms with Crippen molar-refractivity contribution < 1.29 is 9.53 Å². The molecule has 9 heteroatoms. The quantitative estimate of drug-likeness (QED) is 0.209. The Balaban J connectivity index is 1.59. The first-order chi connectivity index (χ1) is 19.9. The van der Waals surface area contributed by atoms with Gasteiger partial charge in [0.05, 0.1) is 35.0 Å². The third kappa shape index (κ3) is 5.05. The highest BCUT2D eigenvalue weighted by Gasteiger charge is 2.37. The summed E-state index contributed by atoms with van der Waals surface area (Å²) in [5.74, 6) is 0.187. The van der Waals surface area contributed by atoms with Gasteiger partial charge >= 0.3 is 0 Å². The van der Waals surface area contributed by atoms with Gasteiger partial charge in [-0.1, -0.05) is 87.7 Å². The first-order valence-electron chi connectivity index (χ1n) is 12.8. The molecular formula is C32H22BrCl2N3O3. The fourth-order valence-corrected chi connectivity index (χ4v) is 6.11. The van der Waals surface area contributed by atoms with Gasteiger partial charge < -0.3 is 9.72 Å². The molecule has 0 radical (unpaired) electrons. The van der Waals surface area contributed by atoms with Gasteiger partial charge in [0.25, 0.3) is 11.5 Å². The number of methoxy groups -OCH3 is 1. The SMILES string of the molecule is COc1ccccc1[C@H]1CC(c2c(-c3ccccc3)c3cc(Br)ccc3[nH]c2=O)=NN1C(=O)c1ccc(Cl)cc1Cl. The molecule has 6 rings (SSSR count). The smallest absolute Gasteiger partial charge is 0.276 e. The van der Waals surface area contributed by atoms with E-state index in [2.05, 4.69) is 20.9 Å². The number of nitrogens with one attached hydrogen (secondary N) is 1. The molecule has 1 aromatic heterocycles. The molecule has 41 heavy (non-hydrogen) atoms. The fourth-order valence-electron chi connectivity index (χ4n) is 5.26. The zero-order valence-electron chi connectivity index (χ0n) is 21.7. The number of hydrogen-bond acceptors (Lipinski definition) is 4. The lowest BCUT2D eigenvalue weighted by Crippen LogP contribution is -2.27. The van der Waals surface area contributed by atoms with Crippen molar-refractivity contribution in [2.24, 2.45) is 5.10 Å². The molecule has 1 aliphatic rings. The molecule has 6 nitrogen and oxygen atoms in total. The zero-order chi connectivity index (χ0) is 28.7. The van der Waals surface area contributed by atoms with Crippen molar-refractivity contribution in [3.05, 3.63) is 133 Å². The lowest BCUT2D eigenvalue weighted by Gasteiger charge is -2.24. The summed E-state index contributed by atoms with van der Waals surface area (Å²) in [5.41, 5.74) is 3.88. The monoisotopic (exact) mass is 645 g/mol. The Bertz CT molecular complexity index is 1910. The van der Waals surface area contributed by atoms with E-state index >= 15 is 0 Å². The van der Waals surface area contributed by atoms with Crippen LogP contribution >= 0.6 is 39.1 Å². The van der Waals surface area contributed by atoms with E-state index in [0.717, 1.165) is 26.5 Å². The van der Waals surface area contributed by atoms with Crippen molar-refractivity contribution >= 4 is 61.7 Å². The lowest BCUT2D eigenvalue weighted by atomic mass is 9.91. The Morgan fingerprint density at radius 1 is 0.976 bits per heavy atom. The molecule has 0 saturated heterocycles. The highest BCUT2D eigenvalue weighted by atomic mass is 79.9. The number of aromatic amines is 1. The number of pyridine rings is 1. The normalized spacial score (nSPS) is 14.8. The van der Waals surface area contributed by atoms with Crippen molar-refractivity contribution in [2.75, 3.05) is 7.11 Å². The summed E-state index contributed by atoms with van der Waals surface area (Å²) in [5, 5.41) is 7.70. The number of benzene rings is 4. The number of carbonyl (C=O) groups is 1. The molecule has 0 bridgehead atoms. The number of aromatic nitrogens is 1. The van der Waals surface area contributed by atoms with Crippen LogP contribution in [0.1, 0.15) is 33.9 Å². The largest absolute Gasteiger partial charge is 0.496 e. The van der Waals surface area contributed by atoms with Crippen LogP contribution in [-0.2, 0) is 0 Å². The van der Waals surface area contributed by atoms with Gasteiger partial charge in [-0.25, -0.2) is 5.01 Å². The Hall–Kier alpha value is -3.91. The molecule has 1 amide bonds. The van der Waals surface area contributed by atoms with Gasteiger partial charge in [-0.05, 0) is 48.0 Å². The first kappa shape index (κ1) is 27.3. The number of rotatable bonds is 5. The number of hydrogen-bond donors (Lipinski definition) is 1. The standard InChI is InChI=1S/C32H22BrCl2N3O3/c1-41-28-10-6-5-9-22(28)27-17-26(37-38(27)32(40)21-13-12-20(34)16-24(21)35)30-29(18-7-3-2-4-8-18)23-15-19(33)11-14-25(23)36-31(30)39/h2-16,27H,17H2,1H3,(H,36,39)/t27-/m1/s1. The molecule has 1 atom stereocenters. The highest BCUT2D eigenvalue weighted by molar-refractivity contribution is 9.10. The number of H-pyrrole nitrogens is 1. The summed E-state index contributed by atoms with van der Waals surface area (Å²) < 4.78 is 6.52. The maximum absolute atomic E-state index is 14.0. The summed E-state index contributed by atoms with van der Waals surface area (Å²) in [4.78, 5) is 30.8. The van der Waals surface area contributed by atoms with Crippen LogP contribution < -0.4 is 10.3 Å². The second-order valence-corrected chi connectivity index (χ2v) is 11.3. The Morgan fingerprint density at radius 3 is 2.49 bits per heavy atom. The van der Waals surface area contributed by atoms with E-state index in [9.17, 15) is 9.59 Å². The third-order valence-corrected chi connectivity index (χ3v) is 8.15. The maximum atomic E-state index is 14.0. The summed E-state index contributed by atoms with van der Waals surface area (Å²) in [6.07, 6.45) is 0.278. The number of carbonyl (C=O) groups excluding carboxylic acids is 1. The van der Waals surface area contributed by atoms with Gasteiger partial charge in [-0.2, -0.15) is 5.10 Å². The molecular weight excluding hydrogens is 625 g/mol. The lowest BCUT2D eigenvalue weighted by molar-refractivity contribution is 0.0709. The van der Waals surface area contributed by atoms with Gasteiger partial charge in [0, 0.05) is 37.9 Å². The molecule has 5 aromatic rings. The molecule has 0 fully saturated rings. The predicted octanol–water partition coefficient (Wildman–Crippen LogP) is 8.26. The molecule has 2 heterocycles. The molecule has 204 valence electrons. The number of nitrogens with zero attached hydrogens (tertiary/aromatic N) is 2. The Labute approximate surface area is 254 Å². The average Bonchev–Trinajstić information content (AvgIpc) is 3.41. The van der Waals surface area contributed by atoms with E-state index in [1.807, 2.05) is 72.8 Å². The summed E-state index contributed by atoms with van der Waals surface area (Å²) in [7, 11) is 1.58. The van der Waals surface area contributed by atoms with Crippen LogP contribution in [0.2, 0.25) is 10.0 Å². The number of amides is 1. The van der Waals surface area contributed by atoms with Crippen LogP contribution in [0, 0.1) is 0 Å². The topological polar surface area (TPSA) is 74.8 Å². The van der Waals surface area contributed by atoms with E-state index in [4.69, 9.17) is 33.0 Å². The second-order valence-electron chi connectivity index (χ2n) is 9.54. The summed E-state index contributed by atoms with van der Waals surface area (Å²) in [6.45, 7) is 0. The Morgan fingerprint density at radius 2 is 1.73 bits per heavy atom. The van der Waals surface area contributed by atoms with Gasteiger partial charge in [-0.15, -0.1) is 0 Å².